The summed E-state index contributed by atoms with van der Waals surface area (Å²) in [6.45, 7) is 9.03. The third kappa shape index (κ3) is 4.22. The summed E-state index contributed by atoms with van der Waals surface area (Å²) < 4.78 is 0. The summed E-state index contributed by atoms with van der Waals surface area (Å²) in [5.41, 5.74) is 2.36. The number of nitrogens with zero attached hydrogens (tertiary/aromatic N) is 2. The van der Waals surface area contributed by atoms with E-state index < -0.39 is 0 Å². The van der Waals surface area contributed by atoms with Crippen LogP contribution in [0.5, 0.6) is 0 Å². The molecule has 0 amide bonds. The maximum Gasteiger partial charge on any atom is 0.223 e. The third-order valence-corrected chi connectivity index (χ3v) is 6.08. The molecule has 0 aliphatic carbocycles. The van der Waals surface area contributed by atoms with Crippen molar-refractivity contribution >= 4 is 17.3 Å². The summed E-state index contributed by atoms with van der Waals surface area (Å²) in [5.74, 6) is 0.711. The van der Waals surface area contributed by atoms with Gasteiger partial charge < -0.3 is 15.6 Å². The molecule has 1 aliphatic rings. The van der Waals surface area contributed by atoms with Gasteiger partial charge in [-0.25, -0.2) is 9.97 Å². The van der Waals surface area contributed by atoms with E-state index in [0.29, 0.717) is 12.0 Å². The van der Waals surface area contributed by atoms with Crippen LogP contribution in [-0.4, -0.2) is 32.1 Å². The van der Waals surface area contributed by atoms with Crippen LogP contribution >= 0.6 is 11.3 Å². The highest BCUT2D eigenvalue weighted by molar-refractivity contribution is 7.18. The van der Waals surface area contributed by atoms with Crippen molar-refractivity contribution in [2.75, 3.05) is 5.32 Å². The lowest BCUT2D eigenvalue weighted by atomic mass is 9.80. The van der Waals surface area contributed by atoms with E-state index in [-0.39, 0.29) is 11.1 Å². The number of rotatable bonds is 4. The van der Waals surface area contributed by atoms with Gasteiger partial charge in [0.1, 0.15) is 0 Å². The molecule has 4 heterocycles. The van der Waals surface area contributed by atoms with Crippen molar-refractivity contribution in [2.45, 2.75) is 57.7 Å². The average molecular weight is 382 g/mol. The van der Waals surface area contributed by atoms with E-state index in [9.17, 15) is 0 Å². The van der Waals surface area contributed by atoms with Gasteiger partial charge >= 0.3 is 0 Å². The number of anilines is 1. The van der Waals surface area contributed by atoms with E-state index in [1.807, 2.05) is 24.7 Å². The lowest BCUT2D eigenvalue weighted by molar-refractivity contribution is 0.170. The second kappa shape index (κ2) is 6.77. The van der Waals surface area contributed by atoms with Crippen molar-refractivity contribution in [2.24, 2.45) is 0 Å². The minimum atomic E-state index is 0.0935. The van der Waals surface area contributed by atoms with Gasteiger partial charge in [-0.2, -0.15) is 0 Å². The van der Waals surface area contributed by atoms with E-state index in [1.165, 1.54) is 10.4 Å². The van der Waals surface area contributed by atoms with Crippen molar-refractivity contribution in [1.82, 2.24) is 20.3 Å². The number of piperidine rings is 1. The lowest BCUT2D eigenvalue weighted by Crippen LogP contribution is -2.60. The molecule has 0 aromatic carbocycles. The molecule has 3 aromatic rings. The van der Waals surface area contributed by atoms with Crippen LogP contribution in [0.2, 0.25) is 0 Å². The number of thiophene rings is 1. The standard InChI is InChI=1S/C21H27N5S/c1-20(2)11-15(12-21(3,4)26-20)24-19-23-10-8-16(25-19)18-6-5-17(27-18)14-7-9-22-13-14/h5-10,13,15,22,26H,11-12H2,1-4H3,(H,23,24,25). The normalized spacial score (nSPS) is 19.1. The Morgan fingerprint density at radius 3 is 2.48 bits per heavy atom. The molecule has 1 fully saturated rings. The molecule has 0 spiro atoms. The molecular weight excluding hydrogens is 354 g/mol. The Hall–Kier alpha value is -2.18. The molecule has 27 heavy (non-hydrogen) atoms. The van der Waals surface area contributed by atoms with Gasteiger partial charge in [-0.1, -0.05) is 0 Å². The maximum atomic E-state index is 4.79. The number of aromatic nitrogens is 3. The first-order valence-corrected chi connectivity index (χ1v) is 10.2. The zero-order valence-corrected chi connectivity index (χ0v) is 17.2. The van der Waals surface area contributed by atoms with E-state index in [2.05, 4.69) is 66.5 Å². The third-order valence-electron chi connectivity index (χ3n) is 4.92. The Kier molecular flexibility index (Phi) is 4.56. The molecule has 0 bridgehead atoms. The summed E-state index contributed by atoms with van der Waals surface area (Å²) >= 11 is 1.75. The fraction of sp³-hybridized carbons (Fsp3) is 0.429. The van der Waals surface area contributed by atoms with Crippen molar-refractivity contribution in [3.8, 4) is 21.0 Å². The van der Waals surface area contributed by atoms with Gasteiger partial charge in [0.2, 0.25) is 5.95 Å². The predicted octanol–water partition coefficient (Wildman–Crippen LogP) is 4.92. The highest BCUT2D eigenvalue weighted by Crippen LogP contribution is 2.34. The zero-order chi connectivity index (χ0) is 19.1. The Balaban J connectivity index is 1.53. The van der Waals surface area contributed by atoms with E-state index >= 15 is 0 Å². The molecular formula is C21H27N5S. The summed E-state index contributed by atoms with van der Waals surface area (Å²) in [6.07, 6.45) is 7.89. The monoisotopic (exact) mass is 381 g/mol. The van der Waals surface area contributed by atoms with Crippen molar-refractivity contribution < 1.29 is 0 Å². The smallest absolute Gasteiger partial charge is 0.223 e. The van der Waals surface area contributed by atoms with Crippen LogP contribution in [-0.2, 0) is 0 Å². The highest BCUT2D eigenvalue weighted by Gasteiger charge is 2.37. The topological polar surface area (TPSA) is 65.6 Å². The quantitative estimate of drug-likeness (QED) is 0.600. The summed E-state index contributed by atoms with van der Waals surface area (Å²) in [4.78, 5) is 14.8. The first kappa shape index (κ1) is 18.2. The minimum Gasteiger partial charge on any atom is -0.367 e. The minimum absolute atomic E-state index is 0.0935. The van der Waals surface area contributed by atoms with Gasteiger partial charge in [0.05, 0.1) is 10.6 Å². The van der Waals surface area contributed by atoms with Crippen molar-refractivity contribution in [1.29, 1.82) is 0 Å². The fourth-order valence-electron chi connectivity index (χ4n) is 4.28. The van der Waals surface area contributed by atoms with Gasteiger partial charge in [0, 0.05) is 46.2 Å². The fourth-order valence-corrected chi connectivity index (χ4v) is 5.25. The molecule has 142 valence electrons. The van der Waals surface area contributed by atoms with Gasteiger partial charge in [0.15, 0.2) is 0 Å². The Morgan fingerprint density at radius 1 is 1.04 bits per heavy atom. The maximum absolute atomic E-state index is 4.79. The van der Waals surface area contributed by atoms with Gasteiger partial charge in [-0.05, 0) is 64.8 Å². The molecule has 0 atom stereocenters. The molecule has 4 rings (SSSR count). The molecule has 1 saturated heterocycles. The van der Waals surface area contributed by atoms with Crippen LogP contribution in [0, 0.1) is 0 Å². The second-order valence-corrected chi connectivity index (χ2v) is 9.76. The molecule has 0 unspecified atom stereocenters. The van der Waals surface area contributed by atoms with Crippen LogP contribution < -0.4 is 10.6 Å². The SMILES string of the molecule is CC1(C)CC(Nc2nccc(-c3ccc(-c4cc[nH]c4)s3)n2)CC(C)(C)N1. The average Bonchev–Trinajstić information content (AvgIpc) is 3.24. The molecule has 0 radical (unpaired) electrons. The second-order valence-electron chi connectivity index (χ2n) is 8.67. The largest absolute Gasteiger partial charge is 0.367 e. The molecule has 1 aliphatic heterocycles. The van der Waals surface area contributed by atoms with Crippen LogP contribution in [0.15, 0.2) is 42.9 Å². The predicted molar refractivity (Wildman–Crippen MR) is 113 cm³/mol. The van der Waals surface area contributed by atoms with E-state index in [1.54, 1.807) is 11.3 Å². The lowest BCUT2D eigenvalue weighted by Gasteiger charge is -2.46. The van der Waals surface area contributed by atoms with Gasteiger partial charge in [-0.3, -0.25) is 0 Å². The first-order chi connectivity index (χ1) is 12.8. The number of hydrogen-bond acceptors (Lipinski definition) is 5. The van der Waals surface area contributed by atoms with Gasteiger partial charge in [0.25, 0.3) is 0 Å². The molecule has 5 nitrogen and oxygen atoms in total. The summed E-state index contributed by atoms with van der Waals surface area (Å²) in [7, 11) is 0. The number of hydrogen-bond donors (Lipinski definition) is 3. The van der Waals surface area contributed by atoms with E-state index in [4.69, 9.17) is 4.98 Å². The first-order valence-electron chi connectivity index (χ1n) is 9.42. The Morgan fingerprint density at radius 2 is 1.78 bits per heavy atom. The number of aromatic amines is 1. The van der Waals surface area contributed by atoms with Crippen LogP contribution in [0.3, 0.4) is 0 Å². The van der Waals surface area contributed by atoms with Crippen molar-refractivity contribution in [3.63, 3.8) is 0 Å². The number of H-pyrrole nitrogens is 1. The summed E-state index contributed by atoms with van der Waals surface area (Å²) in [6, 6.07) is 8.70. The summed E-state index contributed by atoms with van der Waals surface area (Å²) in [5, 5.41) is 7.29. The molecule has 0 saturated carbocycles. The van der Waals surface area contributed by atoms with Crippen LogP contribution in [0.1, 0.15) is 40.5 Å². The Bertz CT molecular complexity index is 894. The zero-order valence-electron chi connectivity index (χ0n) is 16.3. The Labute approximate surface area is 164 Å². The van der Waals surface area contributed by atoms with E-state index in [0.717, 1.165) is 23.4 Å². The number of nitrogens with one attached hydrogen (secondary N) is 3. The van der Waals surface area contributed by atoms with Gasteiger partial charge in [-0.15, -0.1) is 11.3 Å². The molecule has 3 N–H and O–H groups in total. The van der Waals surface area contributed by atoms with Crippen LogP contribution in [0.25, 0.3) is 21.0 Å². The van der Waals surface area contributed by atoms with Crippen molar-refractivity contribution in [3.05, 3.63) is 42.9 Å². The highest BCUT2D eigenvalue weighted by atomic mass is 32.1. The molecule has 3 aromatic heterocycles. The molecule has 6 heteroatoms. The van der Waals surface area contributed by atoms with Crippen LogP contribution in [0.4, 0.5) is 5.95 Å².